The van der Waals surface area contributed by atoms with E-state index in [1.54, 1.807) is 12.2 Å². The van der Waals surface area contributed by atoms with Gasteiger partial charge in [0.1, 0.15) is 30.7 Å². The van der Waals surface area contributed by atoms with E-state index in [9.17, 15) is 48.3 Å². The van der Waals surface area contributed by atoms with Gasteiger partial charge in [-0.2, -0.15) is 9.29 Å². The van der Waals surface area contributed by atoms with Crippen molar-refractivity contribution >= 4 is 39.2 Å². The number of ether oxygens (including phenoxy) is 3. The van der Waals surface area contributed by atoms with Crippen molar-refractivity contribution in [2.75, 3.05) is 25.6 Å². The lowest BCUT2D eigenvalue weighted by molar-refractivity contribution is -0.161. The summed E-state index contributed by atoms with van der Waals surface area (Å²) < 4.78 is 56.5. The van der Waals surface area contributed by atoms with Gasteiger partial charge in [-0.1, -0.05) is 159 Å². The maximum absolute atomic E-state index is 12.9. The lowest BCUT2D eigenvalue weighted by Gasteiger charge is -2.21. The van der Waals surface area contributed by atoms with E-state index in [4.69, 9.17) is 29.0 Å². The van der Waals surface area contributed by atoms with Crippen molar-refractivity contribution in [3.05, 3.63) is 71.4 Å². The molecule has 0 aromatic carbocycles. The molecule has 1 fully saturated rings. The summed E-state index contributed by atoms with van der Waals surface area (Å²) in [4.78, 5) is 74.2. The first kappa shape index (κ1) is 63.5. The summed E-state index contributed by atoms with van der Waals surface area (Å²) in [5, 5.41) is 20.9. The van der Waals surface area contributed by atoms with Crippen LogP contribution in [-0.4, -0.2) is 91.5 Å². The predicted octanol–water partition coefficient (Wildman–Crippen LogP) is 9.74. The highest BCUT2D eigenvalue weighted by Gasteiger charge is 2.46. The minimum atomic E-state index is -5.47. The van der Waals surface area contributed by atoms with E-state index < -0.39 is 83.7 Å². The van der Waals surface area contributed by atoms with Gasteiger partial charge in [-0.3, -0.25) is 28.0 Å². The number of carbonyl (C=O) groups excluding carboxylic acids is 3. The first-order valence-electron chi connectivity index (χ1n) is 25.6. The molecule has 71 heavy (non-hydrogen) atoms. The van der Waals surface area contributed by atoms with Crippen molar-refractivity contribution in [3.8, 4) is 0 Å². The molecular weight excluding hydrogens is 961 g/mol. The number of phosphoric ester groups is 2. The summed E-state index contributed by atoms with van der Waals surface area (Å²) in [7, 11) is -10.9. The highest BCUT2D eigenvalue weighted by Crippen LogP contribution is 2.60. The smallest absolute Gasteiger partial charge is 0.462 e. The van der Waals surface area contributed by atoms with Gasteiger partial charge in [0.25, 0.3) is 0 Å². The lowest BCUT2D eigenvalue weighted by Crippen LogP contribution is -2.36. The molecule has 0 amide bonds. The highest BCUT2D eigenvalue weighted by molar-refractivity contribution is 7.61. The van der Waals surface area contributed by atoms with Crippen LogP contribution in [0.25, 0.3) is 0 Å². The van der Waals surface area contributed by atoms with Crippen molar-refractivity contribution in [2.24, 2.45) is 0 Å². The average molecular weight is 1040 g/mol. The fraction of sp³-hybridized carbons (Fsp3) is 0.700. The van der Waals surface area contributed by atoms with Crippen LogP contribution >= 0.6 is 15.6 Å². The zero-order valence-corrected chi connectivity index (χ0v) is 43.8. The van der Waals surface area contributed by atoms with Gasteiger partial charge in [-0.15, -0.1) is 0 Å². The average Bonchev–Trinajstić information content (AvgIpc) is 3.60. The van der Waals surface area contributed by atoms with Gasteiger partial charge in [0.15, 0.2) is 18.1 Å². The van der Waals surface area contributed by atoms with Crippen LogP contribution in [0, 0.1) is 0 Å². The number of nitrogens with zero attached hydrogens (tertiary/aromatic N) is 2. The second kappa shape index (κ2) is 38.0. The molecule has 19 nitrogen and oxygen atoms in total. The molecule has 0 bridgehead atoms. The van der Waals surface area contributed by atoms with Gasteiger partial charge >= 0.3 is 33.3 Å². The second-order valence-electron chi connectivity index (χ2n) is 17.7. The number of ketones is 1. The minimum absolute atomic E-state index is 0.00214. The number of carbonyl (C=O) groups is 3. The third-order valence-electron chi connectivity index (χ3n) is 11.4. The van der Waals surface area contributed by atoms with E-state index in [-0.39, 0.29) is 37.3 Å². The molecule has 0 radical (unpaired) electrons. The molecule has 1 aliphatic rings. The van der Waals surface area contributed by atoms with Crippen molar-refractivity contribution < 1.29 is 71.1 Å². The molecule has 1 saturated heterocycles. The van der Waals surface area contributed by atoms with Gasteiger partial charge < -0.3 is 39.9 Å². The standard InChI is InChI=1S/C50H83N3O16P2/c1-3-5-7-9-11-13-15-17-18-20-22-24-26-28-30-34-46(56)67-42(38-64-45(55)35-31-33-41(54)32-29-27-25-23-21-19-16-14-12-10-8-6-4-2)39-65-70(60,61)69-71(62,63)66-40-43-47(57)48(58)49(68-43)53-37-36-44(51)52-50(53)59/h12,14,19,21,25,27,29,32,36-37,42-43,47-49,57-58H,3-11,13,15-18,20,22-24,26,28,30-31,33-35,38-40H2,1-2H3,(H,60,61)(H,62,63)(H2,51,52,59)/b14-12-,21-19-,27-25-,32-29+/t42-,43-,47-,48-,49-/m1/s1. The van der Waals surface area contributed by atoms with Crippen LogP contribution in [0.15, 0.2) is 65.7 Å². The monoisotopic (exact) mass is 1040 g/mol. The number of aliphatic hydroxyl groups excluding tert-OH is 2. The van der Waals surface area contributed by atoms with E-state index >= 15 is 0 Å². The Morgan fingerprint density at radius 2 is 1.28 bits per heavy atom. The summed E-state index contributed by atoms with van der Waals surface area (Å²) in [5.41, 5.74) is 4.57. The highest BCUT2D eigenvalue weighted by atomic mass is 31.3. The lowest BCUT2D eigenvalue weighted by atomic mass is 10.0. The molecule has 21 heteroatoms. The number of unbranched alkanes of at least 4 members (excludes halogenated alkanes) is 17. The van der Waals surface area contributed by atoms with Crippen LogP contribution in [-0.2, 0) is 51.1 Å². The zero-order valence-electron chi connectivity index (χ0n) is 42.0. The van der Waals surface area contributed by atoms with Gasteiger partial charge in [-0.25, -0.2) is 13.9 Å². The van der Waals surface area contributed by atoms with Gasteiger partial charge in [0, 0.05) is 25.5 Å². The number of phosphoric acid groups is 2. The number of allylic oxidation sites excluding steroid dienone is 8. The van der Waals surface area contributed by atoms with E-state index in [0.29, 0.717) is 6.42 Å². The first-order valence-corrected chi connectivity index (χ1v) is 28.6. The minimum Gasteiger partial charge on any atom is -0.462 e. The number of hydrogen-bond donors (Lipinski definition) is 5. The largest absolute Gasteiger partial charge is 0.481 e. The van der Waals surface area contributed by atoms with Crippen LogP contribution in [0.2, 0.25) is 0 Å². The first-order chi connectivity index (χ1) is 34.1. The predicted molar refractivity (Wildman–Crippen MR) is 271 cm³/mol. The van der Waals surface area contributed by atoms with Crippen molar-refractivity contribution in [3.63, 3.8) is 0 Å². The van der Waals surface area contributed by atoms with Gasteiger partial charge in [-0.05, 0) is 50.7 Å². The Hall–Kier alpha value is -3.61. The fourth-order valence-electron chi connectivity index (χ4n) is 7.38. The number of hydrogen-bond acceptors (Lipinski definition) is 16. The van der Waals surface area contributed by atoms with Crippen molar-refractivity contribution in [1.29, 1.82) is 0 Å². The molecule has 0 spiro atoms. The molecule has 404 valence electrons. The Bertz CT molecular complexity index is 1940. The van der Waals surface area contributed by atoms with Crippen LogP contribution < -0.4 is 11.4 Å². The zero-order chi connectivity index (χ0) is 52.2. The van der Waals surface area contributed by atoms with Crippen LogP contribution in [0.5, 0.6) is 0 Å². The Balaban J connectivity index is 1.85. The summed E-state index contributed by atoms with van der Waals surface area (Å²) in [5.74, 6) is -1.76. The van der Waals surface area contributed by atoms with Crippen molar-refractivity contribution in [1.82, 2.24) is 9.55 Å². The third kappa shape index (κ3) is 30.9. The molecule has 2 unspecified atom stereocenters. The number of nitrogens with two attached hydrogens (primary N) is 1. The Labute approximate surface area is 420 Å². The number of anilines is 1. The van der Waals surface area contributed by atoms with Gasteiger partial charge in [0.05, 0.1) is 13.2 Å². The molecule has 2 heterocycles. The number of aliphatic hydroxyl groups is 2. The quantitative estimate of drug-likeness (QED) is 0.0102. The van der Waals surface area contributed by atoms with E-state index in [2.05, 4.69) is 41.4 Å². The van der Waals surface area contributed by atoms with E-state index in [0.717, 1.165) is 55.7 Å². The summed E-state index contributed by atoms with van der Waals surface area (Å²) in [6.45, 7) is 1.90. The summed E-state index contributed by atoms with van der Waals surface area (Å²) in [6, 6.07) is 1.24. The van der Waals surface area contributed by atoms with Crippen LogP contribution in [0.3, 0.4) is 0 Å². The van der Waals surface area contributed by atoms with E-state index in [1.165, 1.54) is 95.6 Å². The van der Waals surface area contributed by atoms with E-state index in [1.807, 2.05) is 12.2 Å². The second-order valence-corrected chi connectivity index (χ2v) is 20.8. The molecule has 0 aliphatic carbocycles. The number of rotatable bonds is 42. The fourth-order valence-corrected chi connectivity index (χ4v) is 9.49. The molecule has 0 saturated carbocycles. The third-order valence-corrected chi connectivity index (χ3v) is 14.0. The van der Waals surface area contributed by atoms with Gasteiger partial charge in [0.2, 0.25) is 0 Å². The Morgan fingerprint density at radius 3 is 1.92 bits per heavy atom. The summed E-state index contributed by atoms with van der Waals surface area (Å²) in [6.07, 6.45) is 32.0. The van der Waals surface area contributed by atoms with Crippen LogP contribution in [0.1, 0.15) is 181 Å². The van der Waals surface area contributed by atoms with Crippen LogP contribution in [0.4, 0.5) is 5.82 Å². The maximum atomic E-state index is 12.9. The summed E-state index contributed by atoms with van der Waals surface area (Å²) >= 11 is 0. The Morgan fingerprint density at radius 1 is 0.718 bits per heavy atom. The molecule has 1 aliphatic heterocycles. The number of esters is 2. The molecular formula is C50H83N3O16P2. The molecule has 1 aromatic heterocycles. The maximum Gasteiger partial charge on any atom is 0.481 e. The topological polar surface area (TPSA) is 283 Å². The molecule has 7 atom stereocenters. The number of aromatic nitrogens is 2. The normalized spacial score (nSPS) is 19.5. The Kier molecular flexibility index (Phi) is 34.0. The molecule has 2 rings (SSSR count). The SMILES string of the molecule is CCCCC/C=C\C/C=C\C/C=C\C=C\C(=O)CCCC(=O)OC[C@H](COP(=O)(O)OP(=O)(O)OC[C@H]1O[C@@H](n2ccc(N)nc2=O)[C@H](O)[C@@H]1O)OC(=O)CCCCCCCCCCCCCCCCC. The molecule has 6 N–H and O–H groups in total. The molecule has 1 aromatic rings. The number of nitrogen functional groups attached to an aromatic ring is 1. The van der Waals surface area contributed by atoms with Crippen molar-refractivity contribution in [2.45, 2.75) is 205 Å².